The molecule has 0 heteroatoms. The van der Waals surface area contributed by atoms with Gasteiger partial charge in [-0.05, 0) is 79.2 Å². The van der Waals surface area contributed by atoms with E-state index in [0.717, 1.165) is 29.6 Å². The van der Waals surface area contributed by atoms with E-state index in [1.807, 2.05) is 0 Å². The van der Waals surface area contributed by atoms with Gasteiger partial charge in [-0.1, -0.05) is 90.0 Å². The lowest BCUT2D eigenvalue weighted by Gasteiger charge is -2.38. The van der Waals surface area contributed by atoms with E-state index in [-0.39, 0.29) is 0 Å². The third-order valence-electron chi connectivity index (χ3n) is 7.92. The van der Waals surface area contributed by atoms with Crippen molar-refractivity contribution in [2.75, 3.05) is 0 Å². The monoisotopic (exact) mass is 368 g/mol. The van der Waals surface area contributed by atoms with Crippen LogP contribution >= 0.6 is 0 Å². The molecule has 0 N–H and O–H groups in total. The summed E-state index contributed by atoms with van der Waals surface area (Å²) < 4.78 is 0. The third kappa shape index (κ3) is 6.10. The highest BCUT2D eigenvalue weighted by Gasteiger charge is 2.31. The van der Waals surface area contributed by atoms with Crippen molar-refractivity contribution in [2.24, 2.45) is 23.7 Å². The van der Waals surface area contributed by atoms with Crippen LogP contribution in [0.25, 0.3) is 0 Å². The fraction of sp³-hybridized carbons (Fsp3) is 0.778. The van der Waals surface area contributed by atoms with Gasteiger partial charge in [0, 0.05) is 0 Å². The molecule has 0 aromatic heterocycles. The van der Waals surface area contributed by atoms with Gasteiger partial charge in [0.25, 0.3) is 0 Å². The molecule has 0 heterocycles. The van der Waals surface area contributed by atoms with Gasteiger partial charge in [-0.3, -0.25) is 0 Å². The molecule has 1 aromatic carbocycles. The summed E-state index contributed by atoms with van der Waals surface area (Å²) in [5, 5.41) is 0. The van der Waals surface area contributed by atoms with E-state index in [1.54, 1.807) is 18.4 Å². The van der Waals surface area contributed by atoms with Crippen LogP contribution < -0.4 is 0 Å². The lowest BCUT2D eigenvalue weighted by Crippen LogP contribution is -2.26. The van der Waals surface area contributed by atoms with E-state index < -0.39 is 0 Å². The van der Waals surface area contributed by atoms with Gasteiger partial charge in [-0.15, -0.1) is 0 Å². The Morgan fingerprint density at radius 2 is 1.30 bits per heavy atom. The summed E-state index contributed by atoms with van der Waals surface area (Å²) in [6, 6.07) is 9.52. The van der Waals surface area contributed by atoms with Crippen LogP contribution in [0.2, 0.25) is 0 Å². The van der Waals surface area contributed by atoms with Crippen LogP contribution in [0.1, 0.15) is 115 Å². The van der Waals surface area contributed by atoms with Gasteiger partial charge < -0.3 is 0 Å². The Morgan fingerprint density at radius 1 is 0.741 bits per heavy atom. The second-order valence-electron chi connectivity index (χ2n) is 9.98. The molecule has 2 fully saturated rings. The summed E-state index contributed by atoms with van der Waals surface area (Å²) in [4.78, 5) is 0. The van der Waals surface area contributed by atoms with Crippen LogP contribution in [0.3, 0.4) is 0 Å². The highest BCUT2D eigenvalue weighted by atomic mass is 14.4. The van der Waals surface area contributed by atoms with E-state index in [4.69, 9.17) is 0 Å². The zero-order valence-corrected chi connectivity index (χ0v) is 18.4. The molecule has 0 aliphatic heterocycles. The average molecular weight is 369 g/mol. The smallest absolute Gasteiger partial charge is 0.0188 e. The molecule has 0 spiro atoms. The Hall–Kier alpha value is -0.780. The molecule has 2 saturated carbocycles. The van der Waals surface area contributed by atoms with Gasteiger partial charge >= 0.3 is 0 Å². The van der Waals surface area contributed by atoms with E-state index >= 15 is 0 Å². The Kier molecular flexibility index (Phi) is 8.28. The van der Waals surface area contributed by atoms with Crippen molar-refractivity contribution in [3.63, 3.8) is 0 Å². The fourth-order valence-electron chi connectivity index (χ4n) is 6.19. The lowest BCUT2D eigenvalue weighted by atomic mass is 9.67. The predicted molar refractivity (Wildman–Crippen MR) is 119 cm³/mol. The first-order valence-electron chi connectivity index (χ1n) is 12.3. The number of benzene rings is 1. The Balaban J connectivity index is 1.40. The largest absolute Gasteiger partial charge is 0.0654 e. The Labute approximate surface area is 169 Å². The molecule has 0 amide bonds. The van der Waals surface area contributed by atoms with Crippen molar-refractivity contribution >= 4 is 0 Å². The zero-order chi connectivity index (χ0) is 19.1. The summed E-state index contributed by atoms with van der Waals surface area (Å²) in [5.74, 6) is 4.90. The number of hydrogen-bond donors (Lipinski definition) is 0. The van der Waals surface area contributed by atoms with Crippen molar-refractivity contribution in [1.82, 2.24) is 0 Å². The van der Waals surface area contributed by atoms with Crippen molar-refractivity contribution in [3.8, 4) is 0 Å². The van der Waals surface area contributed by atoms with Crippen LogP contribution in [0.4, 0.5) is 0 Å². The third-order valence-corrected chi connectivity index (χ3v) is 7.92. The molecule has 27 heavy (non-hydrogen) atoms. The van der Waals surface area contributed by atoms with Gasteiger partial charge in [-0.2, -0.15) is 0 Å². The van der Waals surface area contributed by atoms with Crippen LogP contribution in [-0.2, 0) is 6.42 Å². The van der Waals surface area contributed by atoms with E-state index in [0.29, 0.717) is 0 Å². The first-order valence-corrected chi connectivity index (χ1v) is 12.3. The summed E-state index contributed by atoms with van der Waals surface area (Å²) in [7, 11) is 0. The maximum Gasteiger partial charge on any atom is -0.0188 e. The molecule has 0 radical (unpaired) electrons. The normalized spacial score (nSPS) is 30.2. The average Bonchev–Trinajstić information content (AvgIpc) is 2.70. The van der Waals surface area contributed by atoms with E-state index in [9.17, 15) is 0 Å². The molecule has 0 bridgehead atoms. The van der Waals surface area contributed by atoms with Crippen LogP contribution in [0, 0.1) is 23.7 Å². The van der Waals surface area contributed by atoms with Crippen molar-refractivity contribution < 1.29 is 0 Å². The number of hydrogen-bond acceptors (Lipinski definition) is 0. The highest BCUT2D eigenvalue weighted by Crippen LogP contribution is 2.43. The zero-order valence-electron chi connectivity index (χ0n) is 18.4. The second-order valence-corrected chi connectivity index (χ2v) is 9.98. The number of aryl methyl sites for hydroxylation is 1. The molecule has 1 atom stereocenters. The first kappa shape index (κ1) is 20.9. The van der Waals surface area contributed by atoms with E-state index in [1.165, 1.54) is 76.2 Å². The molecule has 0 saturated heterocycles. The summed E-state index contributed by atoms with van der Waals surface area (Å²) in [6.45, 7) is 7.08. The van der Waals surface area contributed by atoms with E-state index in [2.05, 4.69) is 45.0 Å². The molecule has 0 nitrogen and oxygen atoms in total. The second kappa shape index (κ2) is 10.7. The maximum atomic E-state index is 2.45. The van der Waals surface area contributed by atoms with Gasteiger partial charge in [0.2, 0.25) is 0 Å². The summed E-state index contributed by atoms with van der Waals surface area (Å²) in [6.07, 6.45) is 18.9. The van der Waals surface area contributed by atoms with Crippen molar-refractivity contribution in [2.45, 2.75) is 110 Å². The quantitative estimate of drug-likeness (QED) is 0.431. The molecule has 152 valence electrons. The minimum absolute atomic E-state index is 0.728. The molecular formula is C27H44. The van der Waals surface area contributed by atoms with Crippen LogP contribution in [0.5, 0.6) is 0 Å². The minimum atomic E-state index is 0.728. The minimum Gasteiger partial charge on any atom is -0.0654 e. The maximum absolute atomic E-state index is 2.45. The summed E-state index contributed by atoms with van der Waals surface area (Å²) in [5.41, 5.74) is 3.06. The molecular weight excluding hydrogens is 324 g/mol. The molecule has 1 aromatic rings. The van der Waals surface area contributed by atoms with Gasteiger partial charge in [0.05, 0.1) is 0 Å². The Bertz CT molecular complexity index is 511. The van der Waals surface area contributed by atoms with Gasteiger partial charge in [0.15, 0.2) is 0 Å². The molecule has 3 rings (SSSR count). The standard InChI is InChI=1S/C27H44/c1-4-6-22-8-14-25(15-9-22)21(3)20-24-12-18-27(19-13-24)26-16-10-23(7-5-2)11-17-26/h8-9,14-15,21,23-24,26-27H,4-7,10-13,16-20H2,1-3H3/t21-,23?,24?,26?,27?/m1/s1. The number of rotatable bonds is 8. The van der Waals surface area contributed by atoms with Crippen LogP contribution in [-0.4, -0.2) is 0 Å². The van der Waals surface area contributed by atoms with Crippen molar-refractivity contribution in [1.29, 1.82) is 0 Å². The topological polar surface area (TPSA) is 0 Å². The van der Waals surface area contributed by atoms with Crippen LogP contribution in [0.15, 0.2) is 24.3 Å². The van der Waals surface area contributed by atoms with Crippen molar-refractivity contribution in [3.05, 3.63) is 35.4 Å². The molecule has 2 aliphatic rings. The molecule has 2 aliphatic carbocycles. The Morgan fingerprint density at radius 3 is 1.81 bits per heavy atom. The highest BCUT2D eigenvalue weighted by molar-refractivity contribution is 5.25. The van der Waals surface area contributed by atoms with Gasteiger partial charge in [-0.25, -0.2) is 0 Å². The van der Waals surface area contributed by atoms with Gasteiger partial charge in [0.1, 0.15) is 0 Å². The SMILES string of the molecule is CCCc1ccc([C@H](C)CC2CCC(C3CCC(CCC)CC3)CC2)cc1. The lowest BCUT2D eigenvalue weighted by molar-refractivity contribution is 0.139. The first-order chi connectivity index (χ1) is 13.2. The predicted octanol–water partition coefficient (Wildman–Crippen LogP) is 8.55. The summed E-state index contributed by atoms with van der Waals surface area (Å²) >= 11 is 0. The molecule has 0 unspecified atom stereocenters. The fourth-order valence-corrected chi connectivity index (χ4v) is 6.19.